The van der Waals surface area contributed by atoms with Crippen LogP contribution in [0.4, 0.5) is 10.5 Å². The lowest BCUT2D eigenvalue weighted by atomic mass is 9.96. The van der Waals surface area contributed by atoms with Crippen molar-refractivity contribution in [2.75, 3.05) is 11.9 Å². The Morgan fingerprint density at radius 3 is 2.39 bits per heavy atom. The molecule has 0 saturated carbocycles. The van der Waals surface area contributed by atoms with Gasteiger partial charge in [0, 0.05) is 17.8 Å². The molecule has 98 valence electrons. The van der Waals surface area contributed by atoms with Crippen LogP contribution in [0.25, 0.3) is 0 Å². The van der Waals surface area contributed by atoms with Gasteiger partial charge in [-0.05, 0) is 37.6 Å². The summed E-state index contributed by atoms with van der Waals surface area (Å²) in [4.78, 5) is 15.2. The molecule has 0 radical (unpaired) electrons. The van der Waals surface area contributed by atoms with Gasteiger partial charge in [0.1, 0.15) is 0 Å². The highest BCUT2D eigenvalue weighted by atomic mass is 35.5. The van der Waals surface area contributed by atoms with Gasteiger partial charge in [-0.1, -0.05) is 18.5 Å². The number of carbonyl (C=O) groups excluding carboxylic acids is 1. The molecule has 1 aromatic carbocycles. The summed E-state index contributed by atoms with van der Waals surface area (Å²) in [5.41, 5.74) is 0.0809. The van der Waals surface area contributed by atoms with Crippen LogP contribution in [0.5, 0.6) is 0 Å². The van der Waals surface area contributed by atoms with Crippen molar-refractivity contribution in [3.8, 4) is 0 Å². The number of carbonyl (C=O) groups is 1. The Balaban J connectivity index is 2.40. The standard InChI is InChI=1S/C13H17ClN2O2/c1-4-13(2)11(17)16(12(18)15(13)3)10-7-5-9(14)6-8-10/h5-8,11,17H,4H2,1-3H3. The Labute approximate surface area is 112 Å². The van der Waals surface area contributed by atoms with Crippen LogP contribution in [0, 0.1) is 0 Å². The number of hydrogen-bond acceptors (Lipinski definition) is 2. The highest BCUT2D eigenvalue weighted by molar-refractivity contribution is 6.30. The number of urea groups is 1. The third-order valence-electron chi connectivity index (χ3n) is 3.88. The van der Waals surface area contributed by atoms with Crippen LogP contribution in [-0.2, 0) is 0 Å². The predicted octanol–water partition coefficient (Wildman–Crippen LogP) is 2.70. The molecule has 1 aliphatic rings. The van der Waals surface area contributed by atoms with Gasteiger partial charge in [-0.15, -0.1) is 0 Å². The van der Waals surface area contributed by atoms with Gasteiger partial charge in [-0.2, -0.15) is 0 Å². The molecule has 0 aliphatic carbocycles. The van der Waals surface area contributed by atoms with Crippen molar-refractivity contribution in [1.29, 1.82) is 0 Å². The molecule has 0 spiro atoms. The van der Waals surface area contributed by atoms with Gasteiger partial charge in [0.2, 0.25) is 0 Å². The second-order valence-corrected chi connectivity index (χ2v) is 5.21. The molecule has 2 rings (SSSR count). The van der Waals surface area contributed by atoms with Crippen LogP contribution in [0.15, 0.2) is 24.3 Å². The molecule has 1 saturated heterocycles. The molecule has 5 heteroatoms. The van der Waals surface area contributed by atoms with Crippen LogP contribution in [0.2, 0.25) is 5.02 Å². The zero-order valence-corrected chi connectivity index (χ0v) is 11.5. The first kappa shape index (κ1) is 13.2. The Hall–Kier alpha value is -1.26. The highest BCUT2D eigenvalue weighted by Gasteiger charge is 2.51. The average Bonchev–Trinajstić information content (AvgIpc) is 2.54. The maximum Gasteiger partial charge on any atom is 0.327 e. The Morgan fingerprint density at radius 2 is 1.94 bits per heavy atom. The number of nitrogens with zero attached hydrogens (tertiary/aromatic N) is 2. The summed E-state index contributed by atoms with van der Waals surface area (Å²) in [5, 5.41) is 11.0. The normalized spacial score (nSPS) is 28.1. The van der Waals surface area contributed by atoms with E-state index in [1.807, 2.05) is 13.8 Å². The number of rotatable bonds is 2. The van der Waals surface area contributed by atoms with Crippen molar-refractivity contribution in [2.24, 2.45) is 0 Å². The van der Waals surface area contributed by atoms with Crippen LogP contribution in [0.1, 0.15) is 20.3 Å². The number of benzene rings is 1. The van der Waals surface area contributed by atoms with Gasteiger partial charge < -0.3 is 10.0 Å². The molecule has 1 aliphatic heterocycles. The van der Waals surface area contributed by atoms with Crippen molar-refractivity contribution >= 4 is 23.3 Å². The summed E-state index contributed by atoms with van der Waals surface area (Å²) >= 11 is 5.83. The molecule has 0 bridgehead atoms. The smallest absolute Gasteiger partial charge is 0.327 e. The first-order valence-corrected chi connectivity index (χ1v) is 6.30. The van der Waals surface area contributed by atoms with Crippen LogP contribution < -0.4 is 4.90 Å². The molecular weight excluding hydrogens is 252 g/mol. The number of aliphatic hydroxyl groups excluding tert-OH is 1. The first-order chi connectivity index (χ1) is 8.41. The molecule has 1 aromatic rings. The molecule has 2 unspecified atom stereocenters. The molecule has 1 heterocycles. The predicted molar refractivity (Wildman–Crippen MR) is 71.8 cm³/mol. The van der Waals surface area contributed by atoms with Gasteiger partial charge in [-0.25, -0.2) is 4.79 Å². The first-order valence-electron chi connectivity index (χ1n) is 5.92. The van der Waals surface area contributed by atoms with Gasteiger partial charge in [-0.3, -0.25) is 4.90 Å². The topological polar surface area (TPSA) is 43.8 Å². The lowest BCUT2D eigenvalue weighted by Crippen LogP contribution is -2.47. The summed E-state index contributed by atoms with van der Waals surface area (Å²) in [6.45, 7) is 3.84. The fourth-order valence-corrected chi connectivity index (χ4v) is 2.34. The lowest BCUT2D eigenvalue weighted by Gasteiger charge is -2.32. The fraction of sp³-hybridized carbons (Fsp3) is 0.462. The fourth-order valence-electron chi connectivity index (χ4n) is 2.21. The minimum absolute atomic E-state index is 0.200. The molecule has 4 nitrogen and oxygen atoms in total. The van der Waals surface area contributed by atoms with E-state index in [1.54, 1.807) is 36.2 Å². The number of halogens is 1. The van der Waals surface area contributed by atoms with Crippen molar-refractivity contribution in [3.05, 3.63) is 29.3 Å². The van der Waals surface area contributed by atoms with Crippen molar-refractivity contribution in [2.45, 2.75) is 32.0 Å². The number of anilines is 1. The zero-order chi connectivity index (χ0) is 13.5. The van der Waals surface area contributed by atoms with Gasteiger partial charge >= 0.3 is 6.03 Å². The van der Waals surface area contributed by atoms with Gasteiger partial charge in [0.25, 0.3) is 0 Å². The van der Waals surface area contributed by atoms with Gasteiger partial charge in [0.15, 0.2) is 6.23 Å². The third kappa shape index (κ3) is 1.76. The largest absolute Gasteiger partial charge is 0.371 e. The molecule has 1 fully saturated rings. The molecule has 2 amide bonds. The molecular formula is C13H17ClN2O2. The van der Waals surface area contributed by atoms with Crippen molar-refractivity contribution < 1.29 is 9.90 Å². The minimum Gasteiger partial charge on any atom is -0.371 e. The second-order valence-electron chi connectivity index (χ2n) is 4.77. The minimum atomic E-state index is -0.860. The molecule has 0 aromatic heterocycles. The van der Waals surface area contributed by atoms with E-state index >= 15 is 0 Å². The van der Waals surface area contributed by atoms with Crippen LogP contribution in [-0.4, -0.2) is 34.9 Å². The van der Waals surface area contributed by atoms with Crippen LogP contribution in [0.3, 0.4) is 0 Å². The monoisotopic (exact) mass is 268 g/mol. The van der Waals surface area contributed by atoms with E-state index in [9.17, 15) is 9.90 Å². The second kappa shape index (κ2) is 4.44. The zero-order valence-electron chi connectivity index (χ0n) is 10.7. The quantitative estimate of drug-likeness (QED) is 0.896. The lowest BCUT2D eigenvalue weighted by molar-refractivity contribution is 0.0563. The number of amides is 2. The average molecular weight is 269 g/mol. The summed E-state index contributed by atoms with van der Waals surface area (Å²) in [6, 6.07) is 6.68. The van der Waals surface area contributed by atoms with Crippen molar-refractivity contribution in [1.82, 2.24) is 4.90 Å². The van der Waals surface area contributed by atoms with E-state index in [-0.39, 0.29) is 6.03 Å². The molecule has 18 heavy (non-hydrogen) atoms. The maximum absolute atomic E-state index is 12.2. The third-order valence-corrected chi connectivity index (χ3v) is 4.13. The Kier molecular flexibility index (Phi) is 3.25. The molecule has 2 atom stereocenters. The van der Waals surface area contributed by atoms with E-state index in [0.29, 0.717) is 17.1 Å². The maximum atomic E-state index is 12.2. The number of hydrogen-bond donors (Lipinski definition) is 1. The SMILES string of the molecule is CCC1(C)C(O)N(c2ccc(Cl)cc2)C(=O)N1C. The number of aliphatic hydroxyl groups is 1. The highest BCUT2D eigenvalue weighted by Crippen LogP contribution is 2.36. The molecule has 1 N–H and O–H groups in total. The Bertz CT molecular complexity index is 463. The van der Waals surface area contributed by atoms with E-state index < -0.39 is 11.8 Å². The number of likely N-dealkylation sites (N-methyl/N-ethyl adjacent to an activating group) is 1. The van der Waals surface area contributed by atoms with E-state index in [1.165, 1.54) is 4.90 Å². The summed E-state index contributed by atoms with van der Waals surface area (Å²) in [6.07, 6.45) is -0.179. The summed E-state index contributed by atoms with van der Waals surface area (Å²) in [5.74, 6) is 0. The van der Waals surface area contributed by atoms with Crippen molar-refractivity contribution in [3.63, 3.8) is 0 Å². The summed E-state index contributed by atoms with van der Waals surface area (Å²) < 4.78 is 0. The van der Waals surface area contributed by atoms with E-state index in [0.717, 1.165) is 0 Å². The van der Waals surface area contributed by atoms with Crippen LogP contribution >= 0.6 is 11.6 Å². The van der Waals surface area contributed by atoms with Gasteiger partial charge in [0.05, 0.1) is 5.54 Å². The van der Waals surface area contributed by atoms with E-state index in [2.05, 4.69) is 0 Å². The summed E-state index contributed by atoms with van der Waals surface area (Å²) in [7, 11) is 1.71. The Morgan fingerprint density at radius 1 is 1.39 bits per heavy atom. The van der Waals surface area contributed by atoms with E-state index in [4.69, 9.17) is 11.6 Å².